The molecule has 0 aliphatic carbocycles. The quantitative estimate of drug-likeness (QED) is 0.115. The second-order valence-corrected chi connectivity index (χ2v) is 10.4. The Balaban J connectivity index is 2.12. The summed E-state index contributed by atoms with van der Waals surface area (Å²) >= 11 is 6.39. The van der Waals surface area contributed by atoms with Crippen LogP contribution in [-0.2, 0) is 0 Å². The van der Waals surface area contributed by atoms with E-state index in [1.807, 2.05) is 0 Å². The molecule has 0 heterocycles. The van der Waals surface area contributed by atoms with Crippen LogP contribution in [0.3, 0.4) is 0 Å². The molecule has 7 aromatic carbocycles. The van der Waals surface area contributed by atoms with Gasteiger partial charge in [0.25, 0.3) is 0 Å². The second kappa shape index (κ2) is 6.87. The SMILES string of the molecule is O=c1c2ccccc2c2c3c1c(O)c(Br)c(O)c3c1c(O)c(Br)c(O)c3c(=O)c4ccccc4c2c31. The van der Waals surface area contributed by atoms with Crippen molar-refractivity contribution in [1.29, 1.82) is 0 Å². The number of fused-ring (bicyclic) bond motifs is 6. The summed E-state index contributed by atoms with van der Waals surface area (Å²) < 4.78 is -0.238. The van der Waals surface area contributed by atoms with Crippen LogP contribution in [0.25, 0.3) is 64.6 Å². The van der Waals surface area contributed by atoms with Gasteiger partial charge in [-0.3, -0.25) is 9.59 Å². The smallest absolute Gasteiger partial charge is 0.198 e. The van der Waals surface area contributed by atoms with Gasteiger partial charge in [0.2, 0.25) is 0 Å². The molecule has 0 radical (unpaired) electrons. The molecule has 0 aliphatic heterocycles. The highest BCUT2D eigenvalue weighted by Gasteiger charge is 2.30. The minimum atomic E-state index is -0.439. The molecule has 4 N–H and O–H groups in total. The molecule has 6 nitrogen and oxygen atoms in total. The molecule has 7 rings (SSSR count). The molecule has 0 unspecified atom stereocenters. The minimum absolute atomic E-state index is 0.0268. The average molecular weight is 604 g/mol. The Kier molecular flexibility index (Phi) is 4.08. The fourth-order valence-electron chi connectivity index (χ4n) is 5.67. The molecule has 8 heteroatoms. The first-order valence-corrected chi connectivity index (χ1v) is 12.4. The van der Waals surface area contributed by atoms with Gasteiger partial charge in [-0.15, -0.1) is 0 Å². The average Bonchev–Trinajstić information content (AvgIpc) is 2.89. The summed E-state index contributed by atoms with van der Waals surface area (Å²) in [6.07, 6.45) is 0. The lowest BCUT2D eigenvalue weighted by atomic mass is 9.83. The van der Waals surface area contributed by atoms with Crippen molar-refractivity contribution in [1.82, 2.24) is 0 Å². The van der Waals surface area contributed by atoms with Gasteiger partial charge in [0.1, 0.15) is 31.9 Å². The van der Waals surface area contributed by atoms with E-state index in [0.717, 1.165) is 0 Å². The third-order valence-electron chi connectivity index (χ3n) is 7.12. The van der Waals surface area contributed by atoms with Crippen LogP contribution >= 0.6 is 31.9 Å². The highest BCUT2D eigenvalue weighted by Crippen LogP contribution is 2.56. The Morgan fingerprint density at radius 3 is 1.08 bits per heavy atom. The number of phenolic OH excluding ortho intramolecular Hbond substituents is 4. The van der Waals surface area contributed by atoms with Crippen molar-refractivity contribution in [3.05, 3.63) is 77.9 Å². The van der Waals surface area contributed by atoms with E-state index in [1.165, 1.54) is 0 Å². The number of hydrogen-bond donors (Lipinski definition) is 4. The largest absolute Gasteiger partial charge is 0.506 e. The molecule has 174 valence electrons. The van der Waals surface area contributed by atoms with Gasteiger partial charge in [-0.2, -0.15) is 0 Å². The monoisotopic (exact) mass is 602 g/mol. The van der Waals surface area contributed by atoms with Crippen LogP contribution in [0.5, 0.6) is 23.0 Å². The normalized spacial score (nSPS) is 12.3. The van der Waals surface area contributed by atoms with Gasteiger partial charge in [-0.05, 0) is 53.4 Å². The summed E-state index contributed by atoms with van der Waals surface area (Å²) in [6.45, 7) is 0. The lowest BCUT2D eigenvalue weighted by Crippen LogP contribution is -2.08. The standard InChI is InChI=1S/C28H12Br2O6/c29-21-25(33)17-15-13(9-5-1-3-7-11(9)23(31)19(15)27(21)35)14-10-6-2-4-8-12(10)24(32)20-16(14)18(17)26(34)22(30)28(20)36/h1-8,33-36H. The molecule has 0 fully saturated rings. The van der Waals surface area contributed by atoms with Crippen molar-refractivity contribution in [3.63, 3.8) is 0 Å². The molecule has 7 aromatic rings. The van der Waals surface area contributed by atoms with Crippen LogP contribution in [-0.4, -0.2) is 20.4 Å². The highest BCUT2D eigenvalue weighted by atomic mass is 79.9. The van der Waals surface area contributed by atoms with E-state index in [4.69, 9.17) is 0 Å². The molecular formula is C28H12Br2O6. The van der Waals surface area contributed by atoms with E-state index in [2.05, 4.69) is 31.9 Å². The van der Waals surface area contributed by atoms with Crippen molar-refractivity contribution in [2.45, 2.75) is 0 Å². The maximum absolute atomic E-state index is 13.7. The molecule has 0 spiro atoms. The van der Waals surface area contributed by atoms with Gasteiger partial charge in [0.15, 0.2) is 10.9 Å². The van der Waals surface area contributed by atoms with Gasteiger partial charge in [-0.1, -0.05) is 48.5 Å². The van der Waals surface area contributed by atoms with Crippen LogP contribution < -0.4 is 10.9 Å². The molecule has 0 amide bonds. The van der Waals surface area contributed by atoms with Gasteiger partial charge in [-0.25, -0.2) is 0 Å². The molecule has 36 heavy (non-hydrogen) atoms. The number of phenols is 4. The summed E-state index contributed by atoms with van der Waals surface area (Å²) in [5, 5.41) is 48.1. The first-order valence-electron chi connectivity index (χ1n) is 10.8. The van der Waals surface area contributed by atoms with Crippen LogP contribution in [0.4, 0.5) is 0 Å². The van der Waals surface area contributed by atoms with Crippen molar-refractivity contribution in [2.24, 2.45) is 0 Å². The fraction of sp³-hybridized carbons (Fsp3) is 0. The molecule has 0 bridgehead atoms. The van der Waals surface area contributed by atoms with Gasteiger partial charge < -0.3 is 20.4 Å². The van der Waals surface area contributed by atoms with Crippen LogP contribution in [0.1, 0.15) is 0 Å². The third kappa shape index (κ3) is 2.27. The number of halogens is 2. The fourth-order valence-corrected chi connectivity index (χ4v) is 6.47. The van der Waals surface area contributed by atoms with Crippen molar-refractivity contribution < 1.29 is 20.4 Å². The summed E-state index contributed by atoms with van der Waals surface area (Å²) in [7, 11) is 0. The highest BCUT2D eigenvalue weighted by molar-refractivity contribution is 9.11. The van der Waals surface area contributed by atoms with E-state index >= 15 is 0 Å². The molecule has 0 atom stereocenters. The van der Waals surface area contributed by atoms with Crippen LogP contribution in [0.15, 0.2) is 67.1 Å². The van der Waals surface area contributed by atoms with E-state index in [0.29, 0.717) is 32.3 Å². The summed E-state index contributed by atoms with van der Waals surface area (Å²) in [5.41, 5.74) is -0.879. The van der Waals surface area contributed by atoms with Gasteiger partial charge in [0.05, 0.1) is 10.8 Å². The predicted octanol–water partition coefficient (Wildman–Crippen LogP) is 6.55. The first kappa shape index (κ1) is 21.4. The van der Waals surface area contributed by atoms with Gasteiger partial charge in [0, 0.05) is 32.3 Å². The molecule has 0 aromatic heterocycles. The molecular weight excluding hydrogens is 592 g/mol. The maximum Gasteiger partial charge on any atom is 0.198 e. The van der Waals surface area contributed by atoms with Gasteiger partial charge >= 0.3 is 0 Å². The Labute approximate surface area is 217 Å². The molecule has 0 aliphatic rings. The molecule has 0 saturated carbocycles. The zero-order chi connectivity index (χ0) is 25.2. The maximum atomic E-state index is 13.7. The van der Waals surface area contributed by atoms with Crippen molar-refractivity contribution >= 4 is 96.5 Å². The Hall–Kier alpha value is -3.88. The minimum Gasteiger partial charge on any atom is -0.506 e. The number of hydrogen-bond acceptors (Lipinski definition) is 6. The van der Waals surface area contributed by atoms with E-state index in [-0.39, 0.29) is 41.3 Å². The zero-order valence-electron chi connectivity index (χ0n) is 18.0. The number of aromatic hydroxyl groups is 4. The predicted molar refractivity (Wildman–Crippen MR) is 148 cm³/mol. The van der Waals surface area contributed by atoms with Crippen molar-refractivity contribution in [2.75, 3.05) is 0 Å². The van der Waals surface area contributed by atoms with E-state index < -0.39 is 33.9 Å². The zero-order valence-corrected chi connectivity index (χ0v) is 21.2. The number of rotatable bonds is 0. The van der Waals surface area contributed by atoms with E-state index in [1.54, 1.807) is 48.5 Å². The lowest BCUT2D eigenvalue weighted by Gasteiger charge is -2.21. The van der Waals surface area contributed by atoms with E-state index in [9.17, 15) is 30.0 Å². The van der Waals surface area contributed by atoms with Crippen LogP contribution in [0.2, 0.25) is 0 Å². The Morgan fingerprint density at radius 2 is 0.722 bits per heavy atom. The third-order valence-corrected chi connectivity index (χ3v) is 8.62. The second-order valence-electron chi connectivity index (χ2n) is 8.77. The summed E-state index contributed by atoms with van der Waals surface area (Å²) in [5.74, 6) is -1.66. The Bertz CT molecular complexity index is 2100. The molecule has 0 saturated heterocycles. The Morgan fingerprint density at radius 1 is 0.417 bits per heavy atom. The van der Waals surface area contributed by atoms with Crippen LogP contribution in [0, 0.1) is 0 Å². The summed E-state index contributed by atoms with van der Waals surface area (Å²) in [4.78, 5) is 27.3. The number of benzene rings is 7. The lowest BCUT2D eigenvalue weighted by molar-refractivity contribution is 0.449. The topological polar surface area (TPSA) is 115 Å². The first-order chi connectivity index (χ1) is 17.3. The van der Waals surface area contributed by atoms with Crippen molar-refractivity contribution in [3.8, 4) is 23.0 Å². The summed E-state index contributed by atoms with van der Waals surface area (Å²) in [6, 6.07) is 13.8.